The fourth-order valence-electron chi connectivity index (χ4n) is 5.35. The van der Waals surface area contributed by atoms with E-state index in [1.54, 1.807) is 13.0 Å². The van der Waals surface area contributed by atoms with E-state index < -0.39 is 12.0 Å². The molecule has 1 aromatic carbocycles. The largest absolute Gasteiger partial charge is 0.481 e. The molecule has 3 fully saturated rings. The highest BCUT2D eigenvalue weighted by atomic mass is 16.5. The van der Waals surface area contributed by atoms with Gasteiger partial charge in [-0.05, 0) is 82.6 Å². The molecule has 0 aromatic heterocycles. The Bertz CT molecular complexity index is 899. The van der Waals surface area contributed by atoms with Crippen LogP contribution < -0.4 is 10.2 Å². The summed E-state index contributed by atoms with van der Waals surface area (Å²) in [6, 6.07) is 5.61. The number of carbonyl (C=O) groups is 3. The Labute approximate surface area is 171 Å². The summed E-state index contributed by atoms with van der Waals surface area (Å²) in [7, 11) is 0. The normalized spacial score (nSPS) is 28.6. The summed E-state index contributed by atoms with van der Waals surface area (Å²) in [6.07, 6.45) is 1.06. The summed E-state index contributed by atoms with van der Waals surface area (Å²) in [5.41, 5.74) is 7.24. The summed E-state index contributed by atoms with van der Waals surface area (Å²) in [5, 5.41) is 0.949. The van der Waals surface area contributed by atoms with E-state index >= 15 is 0 Å². The first kappa shape index (κ1) is 19.7. The van der Waals surface area contributed by atoms with Crippen molar-refractivity contribution in [3.05, 3.63) is 40.5 Å². The molecule has 2 bridgehead atoms. The van der Waals surface area contributed by atoms with Gasteiger partial charge in [-0.15, -0.1) is 0 Å². The second-order valence-electron chi connectivity index (χ2n) is 8.79. The van der Waals surface area contributed by atoms with Crippen LogP contribution in [-0.2, 0) is 14.4 Å². The van der Waals surface area contributed by atoms with Crippen LogP contribution >= 0.6 is 0 Å². The van der Waals surface area contributed by atoms with Crippen molar-refractivity contribution in [1.29, 1.82) is 0 Å². The van der Waals surface area contributed by atoms with Gasteiger partial charge in [-0.1, -0.05) is 17.2 Å². The number of nitrogens with one attached hydrogen (secondary N) is 1. The molecule has 29 heavy (non-hydrogen) atoms. The highest BCUT2D eigenvalue weighted by Gasteiger charge is 2.63. The maximum atomic E-state index is 13.0. The fraction of sp³-hybridized carbons (Fsp3) is 0.522. The molecular weight excluding hydrogens is 368 g/mol. The number of carbonyl (C=O) groups excluding carboxylic acids is 3. The van der Waals surface area contributed by atoms with Gasteiger partial charge in [-0.25, -0.2) is 0 Å². The molecule has 4 rings (SSSR count). The Morgan fingerprint density at radius 1 is 1.07 bits per heavy atom. The Kier molecular flexibility index (Phi) is 4.75. The third-order valence-electron chi connectivity index (χ3n) is 6.81. The van der Waals surface area contributed by atoms with E-state index in [1.807, 2.05) is 26.0 Å². The summed E-state index contributed by atoms with van der Waals surface area (Å²) >= 11 is 0. The van der Waals surface area contributed by atoms with Crippen LogP contribution in [0.3, 0.4) is 0 Å². The van der Waals surface area contributed by atoms with Gasteiger partial charge in [-0.2, -0.15) is 5.01 Å². The number of aryl methyl sites for hydroxylation is 2. The minimum Gasteiger partial charge on any atom is -0.481 e. The Morgan fingerprint density at radius 2 is 1.66 bits per heavy atom. The summed E-state index contributed by atoms with van der Waals surface area (Å²) in [4.78, 5) is 38.6. The van der Waals surface area contributed by atoms with Gasteiger partial charge in [0.2, 0.25) is 0 Å². The van der Waals surface area contributed by atoms with Crippen LogP contribution in [0.5, 0.6) is 5.75 Å². The maximum Gasteiger partial charge on any atom is 0.279 e. The molecule has 1 aliphatic heterocycles. The first-order valence-electron chi connectivity index (χ1n) is 10.3. The van der Waals surface area contributed by atoms with E-state index in [0.717, 1.165) is 29.0 Å². The van der Waals surface area contributed by atoms with Crippen molar-refractivity contribution in [2.45, 2.75) is 53.6 Å². The third kappa shape index (κ3) is 3.05. The smallest absolute Gasteiger partial charge is 0.279 e. The predicted molar refractivity (Wildman–Crippen MR) is 108 cm³/mol. The maximum absolute atomic E-state index is 13.0. The number of hydrogen-bond acceptors (Lipinski definition) is 4. The number of allylic oxidation sites excluding steroid dienone is 2. The number of amides is 3. The highest BCUT2D eigenvalue weighted by molar-refractivity contribution is 6.07. The van der Waals surface area contributed by atoms with E-state index in [2.05, 4.69) is 19.3 Å². The summed E-state index contributed by atoms with van der Waals surface area (Å²) in [6.45, 7) is 9.71. The lowest BCUT2D eigenvalue weighted by Gasteiger charge is -2.22. The molecule has 0 radical (unpaired) electrons. The fourth-order valence-corrected chi connectivity index (χ4v) is 5.35. The average molecular weight is 396 g/mol. The number of nitrogens with zero attached hydrogens (tertiary/aromatic N) is 1. The second-order valence-corrected chi connectivity index (χ2v) is 8.79. The van der Waals surface area contributed by atoms with Crippen LogP contribution in [0.1, 0.15) is 44.7 Å². The number of fused-ring (bicyclic) bond motifs is 5. The number of ether oxygens (including phenoxy) is 1. The number of hydrogen-bond donors (Lipinski definition) is 1. The Morgan fingerprint density at radius 3 is 2.17 bits per heavy atom. The van der Waals surface area contributed by atoms with Gasteiger partial charge in [0.05, 0.1) is 11.8 Å². The van der Waals surface area contributed by atoms with Crippen LogP contribution in [0, 0.1) is 37.5 Å². The van der Waals surface area contributed by atoms with Crippen molar-refractivity contribution in [2.75, 3.05) is 0 Å². The lowest BCUT2D eigenvalue weighted by molar-refractivity contribution is -0.151. The molecule has 3 amide bonds. The third-order valence-corrected chi connectivity index (χ3v) is 6.81. The van der Waals surface area contributed by atoms with Crippen molar-refractivity contribution in [3.63, 3.8) is 0 Å². The first-order valence-corrected chi connectivity index (χ1v) is 10.3. The zero-order chi connectivity index (χ0) is 21.0. The molecule has 154 valence electrons. The molecule has 1 aromatic rings. The minimum atomic E-state index is -0.830. The quantitative estimate of drug-likeness (QED) is 0.627. The van der Waals surface area contributed by atoms with Crippen LogP contribution in [0.15, 0.2) is 29.3 Å². The number of benzene rings is 1. The topological polar surface area (TPSA) is 75.7 Å². The van der Waals surface area contributed by atoms with Gasteiger partial charge in [0.1, 0.15) is 5.75 Å². The van der Waals surface area contributed by atoms with Crippen molar-refractivity contribution in [3.8, 4) is 5.75 Å². The standard InChI is InChI=1S/C23H28N2O4/c1-11(2)18-16-8-9-17(18)20-19(16)22(27)25(23(20)28)24-21(26)14(5)29-15-7-6-12(3)13(4)10-15/h6-7,10,14,16-17,19-20H,8-9H2,1-5H3,(H,24,26)/t14-,16-,17-,19-,20+/m1/s1. The number of hydrazine groups is 1. The zero-order valence-corrected chi connectivity index (χ0v) is 17.6. The molecule has 1 saturated heterocycles. The number of imide groups is 1. The van der Waals surface area contributed by atoms with Gasteiger partial charge < -0.3 is 4.74 Å². The van der Waals surface area contributed by atoms with E-state index in [4.69, 9.17) is 4.74 Å². The van der Waals surface area contributed by atoms with Gasteiger partial charge in [0.15, 0.2) is 6.10 Å². The summed E-state index contributed by atoms with van der Waals surface area (Å²) < 4.78 is 5.72. The van der Waals surface area contributed by atoms with Crippen molar-refractivity contribution in [1.82, 2.24) is 10.4 Å². The van der Waals surface area contributed by atoms with Gasteiger partial charge in [-0.3, -0.25) is 19.8 Å². The van der Waals surface area contributed by atoms with E-state index in [-0.39, 0.29) is 35.5 Å². The number of rotatable bonds is 4. The Hall–Kier alpha value is -2.63. The molecule has 0 unspecified atom stereocenters. The van der Waals surface area contributed by atoms with Crippen LogP contribution in [0.2, 0.25) is 0 Å². The summed E-state index contributed by atoms with van der Waals surface area (Å²) in [5.74, 6) is -0.868. The molecule has 1 heterocycles. The molecule has 1 N–H and O–H groups in total. The van der Waals surface area contributed by atoms with Gasteiger partial charge >= 0.3 is 0 Å². The lowest BCUT2D eigenvalue weighted by atomic mass is 9.81. The second kappa shape index (κ2) is 7.01. The van der Waals surface area contributed by atoms with E-state index in [0.29, 0.717) is 5.75 Å². The van der Waals surface area contributed by atoms with Crippen LogP contribution in [0.4, 0.5) is 0 Å². The molecule has 2 saturated carbocycles. The van der Waals surface area contributed by atoms with Crippen LogP contribution in [0.25, 0.3) is 0 Å². The average Bonchev–Trinajstić information content (AvgIpc) is 3.30. The monoisotopic (exact) mass is 396 g/mol. The molecule has 5 atom stereocenters. The minimum absolute atomic E-state index is 0.137. The van der Waals surface area contributed by atoms with Crippen molar-refractivity contribution >= 4 is 17.7 Å². The SMILES string of the molecule is CC(C)=C1[C@H]2CC[C@H]1[C@H]1C(=O)N(NC(=O)[C@@H](C)Oc3ccc(C)c(C)c3)C(=O)[C@H]12. The molecular formula is C23H28N2O4. The molecule has 6 heteroatoms. The molecule has 6 nitrogen and oxygen atoms in total. The molecule has 2 aliphatic carbocycles. The first-order chi connectivity index (χ1) is 13.7. The van der Waals surface area contributed by atoms with E-state index in [1.165, 1.54) is 11.1 Å². The zero-order valence-electron chi connectivity index (χ0n) is 17.6. The lowest BCUT2D eigenvalue weighted by Crippen LogP contribution is -2.51. The van der Waals surface area contributed by atoms with Crippen molar-refractivity contribution in [2.24, 2.45) is 23.7 Å². The Balaban J connectivity index is 1.46. The highest BCUT2D eigenvalue weighted by Crippen LogP contribution is 2.59. The predicted octanol–water partition coefficient (Wildman–Crippen LogP) is 3.08. The molecule has 0 spiro atoms. The van der Waals surface area contributed by atoms with Gasteiger partial charge in [0.25, 0.3) is 17.7 Å². The van der Waals surface area contributed by atoms with Crippen molar-refractivity contribution < 1.29 is 19.1 Å². The van der Waals surface area contributed by atoms with Gasteiger partial charge in [0, 0.05) is 0 Å². The molecule has 3 aliphatic rings. The van der Waals surface area contributed by atoms with Crippen LogP contribution in [-0.4, -0.2) is 28.8 Å². The van der Waals surface area contributed by atoms with E-state index in [9.17, 15) is 14.4 Å².